The average molecular weight is 354 g/mol. The van der Waals surface area contributed by atoms with Gasteiger partial charge in [-0.3, -0.25) is 4.79 Å². The number of rotatable bonds is 5. The number of fused-ring (bicyclic) bond motifs is 1. The Morgan fingerprint density at radius 2 is 1.92 bits per heavy atom. The molecule has 0 aliphatic carbocycles. The van der Waals surface area contributed by atoms with Gasteiger partial charge in [0, 0.05) is 13.1 Å². The Morgan fingerprint density at radius 3 is 2.62 bits per heavy atom. The summed E-state index contributed by atoms with van der Waals surface area (Å²) in [6.45, 7) is 3.52. The predicted molar refractivity (Wildman–Crippen MR) is 98.4 cm³/mol. The molecule has 1 aliphatic heterocycles. The molecule has 1 N–H and O–H groups in total. The molecule has 1 aliphatic rings. The summed E-state index contributed by atoms with van der Waals surface area (Å²) < 4.78 is 10.6. The molecule has 6 nitrogen and oxygen atoms in total. The number of nitrogens with zero attached hydrogens (tertiary/aromatic N) is 1. The van der Waals surface area contributed by atoms with Crippen LogP contribution < -0.4 is 15.0 Å². The molecule has 0 radical (unpaired) electrons. The lowest BCUT2D eigenvalue weighted by Gasteiger charge is -2.35. The molecule has 0 bridgehead atoms. The molecule has 0 aromatic heterocycles. The van der Waals surface area contributed by atoms with E-state index < -0.39 is 6.10 Å². The fraction of sp³-hybridized carbons (Fsp3) is 0.300. The van der Waals surface area contributed by atoms with E-state index in [1.54, 1.807) is 12.1 Å². The fourth-order valence-corrected chi connectivity index (χ4v) is 2.97. The summed E-state index contributed by atoms with van der Waals surface area (Å²) in [4.78, 5) is 25.9. The summed E-state index contributed by atoms with van der Waals surface area (Å²) >= 11 is 0. The Balaban J connectivity index is 1.81. The van der Waals surface area contributed by atoms with E-state index >= 15 is 0 Å². The lowest BCUT2D eigenvalue weighted by Crippen LogP contribution is -2.48. The van der Waals surface area contributed by atoms with Crippen LogP contribution in [0.5, 0.6) is 5.75 Å². The largest absolute Gasteiger partial charge is 0.477 e. The Kier molecular flexibility index (Phi) is 5.41. The number of hydrogen-bond acceptors (Lipinski definition) is 5. The number of hydrogen-bond donors (Lipinski definition) is 1. The summed E-state index contributed by atoms with van der Waals surface area (Å²) in [5.74, 6) is 0.221. The monoisotopic (exact) mass is 354 g/mol. The summed E-state index contributed by atoms with van der Waals surface area (Å²) in [6, 6.07) is 15.0. The van der Waals surface area contributed by atoms with E-state index in [0.29, 0.717) is 30.9 Å². The van der Waals surface area contributed by atoms with Crippen molar-refractivity contribution in [3.05, 3.63) is 59.7 Å². The molecule has 0 saturated heterocycles. The van der Waals surface area contributed by atoms with E-state index in [2.05, 4.69) is 10.2 Å². The second-order valence-corrected chi connectivity index (χ2v) is 6.04. The molecule has 1 amide bonds. The molecule has 1 atom stereocenters. The highest BCUT2D eigenvalue weighted by molar-refractivity contribution is 5.89. The number of benzene rings is 2. The molecule has 1 unspecified atom stereocenters. The van der Waals surface area contributed by atoms with E-state index in [4.69, 9.17) is 9.47 Å². The molecule has 0 spiro atoms. The second-order valence-electron chi connectivity index (χ2n) is 6.04. The normalized spacial score (nSPS) is 15.6. The minimum Gasteiger partial charge on any atom is -0.477 e. The number of nitrogens with one attached hydrogen (secondary N) is 1. The van der Waals surface area contributed by atoms with Crippen molar-refractivity contribution in [1.29, 1.82) is 0 Å². The van der Waals surface area contributed by atoms with Gasteiger partial charge in [0.2, 0.25) is 0 Å². The quantitative estimate of drug-likeness (QED) is 0.835. The van der Waals surface area contributed by atoms with Crippen molar-refractivity contribution in [2.75, 3.05) is 25.1 Å². The molecule has 2 aromatic rings. The van der Waals surface area contributed by atoms with Gasteiger partial charge >= 0.3 is 5.97 Å². The van der Waals surface area contributed by atoms with Crippen LogP contribution in [0.4, 0.5) is 5.69 Å². The van der Waals surface area contributed by atoms with E-state index in [1.807, 2.05) is 43.3 Å². The van der Waals surface area contributed by atoms with Gasteiger partial charge in [0.1, 0.15) is 5.75 Å². The molecule has 3 rings (SSSR count). The molecule has 6 heteroatoms. The standard InChI is InChI=1S/C20H22N2O4/c1-3-21-19(23)18-13-22(16-6-4-5-7-17(16)26-18)12-14-8-10-15(11-9-14)20(24)25-2/h4-11,18H,3,12-13H2,1-2H3,(H,21,23). The number of anilines is 1. The lowest BCUT2D eigenvalue weighted by atomic mass is 10.1. The van der Waals surface area contributed by atoms with Crippen LogP contribution in [0.25, 0.3) is 0 Å². The average Bonchev–Trinajstić information content (AvgIpc) is 2.68. The van der Waals surface area contributed by atoms with Gasteiger partial charge in [-0.05, 0) is 36.8 Å². The van der Waals surface area contributed by atoms with Crippen LogP contribution in [0.15, 0.2) is 48.5 Å². The van der Waals surface area contributed by atoms with Crippen molar-refractivity contribution >= 4 is 17.6 Å². The van der Waals surface area contributed by atoms with Gasteiger partial charge in [-0.25, -0.2) is 4.79 Å². The van der Waals surface area contributed by atoms with Gasteiger partial charge in [0.25, 0.3) is 5.91 Å². The first-order valence-electron chi connectivity index (χ1n) is 8.58. The van der Waals surface area contributed by atoms with Crippen LogP contribution in [0.3, 0.4) is 0 Å². The van der Waals surface area contributed by atoms with Crippen molar-refractivity contribution < 1.29 is 19.1 Å². The van der Waals surface area contributed by atoms with Crippen LogP contribution in [-0.4, -0.2) is 38.2 Å². The number of ether oxygens (including phenoxy) is 2. The number of methoxy groups -OCH3 is 1. The maximum atomic E-state index is 12.2. The summed E-state index contributed by atoms with van der Waals surface area (Å²) in [5.41, 5.74) is 2.49. The number of carbonyl (C=O) groups is 2. The minimum absolute atomic E-state index is 0.118. The van der Waals surface area contributed by atoms with E-state index in [0.717, 1.165) is 11.3 Å². The molecule has 2 aromatic carbocycles. The first-order valence-corrected chi connectivity index (χ1v) is 8.58. The van der Waals surface area contributed by atoms with Gasteiger partial charge in [0.05, 0.1) is 24.9 Å². The molecule has 0 fully saturated rings. The Labute approximate surface area is 152 Å². The van der Waals surface area contributed by atoms with E-state index in [9.17, 15) is 9.59 Å². The second kappa shape index (κ2) is 7.91. The van der Waals surface area contributed by atoms with Crippen LogP contribution in [-0.2, 0) is 16.1 Å². The maximum absolute atomic E-state index is 12.2. The third-order valence-electron chi connectivity index (χ3n) is 4.25. The zero-order chi connectivity index (χ0) is 18.5. The van der Waals surface area contributed by atoms with Crippen molar-refractivity contribution in [1.82, 2.24) is 5.32 Å². The van der Waals surface area contributed by atoms with Crippen molar-refractivity contribution in [3.63, 3.8) is 0 Å². The summed E-state index contributed by atoms with van der Waals surface area (Å²) in [6.07, 6.45) is -0.556. The van der Waals surface area contributed by atoms with E-state index in [1.165, 1.54) is 7.11 Å². The molecular weight excluding hydrogens is 332 g/mol. The van der Waals surface area contributed by atoms with Gasteiger partial charge in [-0.2, -0.15) is 0 Å². The first-order chi connectivity index (χ1) is 12.6. The van der Waals surface area contributed by atoms with Crippen molar-refractivity contribution in [2.45, 2.75) is 19.6 Å². The predicted octanol–water partition coefficient (Wildman–Crippen LogP) is 2.38. The number of likely N-dealkylation sites (N-methyl/N-ethyl adjacent to an activating group) is 1. The zero-order valence-corrected chi connectivity index (χ0v) is 14.9. The number of carbonyl (C=O) groups excluding carboxylic acids is 2. The lowest BCUT2D eigenvalue weighted by molar-refractivity contribution is -0.127. The van der Waals surface area contributed by atoms with Crippen LogP contribution in [0.2, 0.25) is 0 Å². The summed E-state index contributed by atoms with van der Waals surface area (Å²) in [7, 11) is 1.36. The van der Waals surface area contributed by atoms with Crippen LogP contribution >= 0.6 is 0 Å². The van der Waals surface area contributed by atoms with Crippen LogP contribution in [0.1, 0.15) is 22.8 Å². The van der Waals surface area contributed by atoms with Crippen molar-refractivity contribution in [3.8, 4) is 5.75 Å². The van der Waals surface area contributed by atoms with Crippen LogP contribution in [0, 0.1) is 0 Å². The van der Waals surface area contributed by atoms with Gasteiger partial charge in [-0.1, -0.05) is 24.3 Å². The minimum atomic E-state index is -0.556. The highest BCUT2D eigenvalue weighted by atomic mass is 16.5. The molecule has 0 saturated carbocycles. The maximum Gasteiger partial charge on any atom is 0.337 e. The first kappa shape index (κ1) is 17.8. The third-order valence-corrected chi connectivity index (χ3v) is 4.25. The number of esters is 1. The Bertz CT molecular complexity index is 789. The number of para-hydroxylation sites is 2. The fourth-order valence-electron chi connectivity index (χ4n) is 2.97. The Hall–Kier alpha value is -3.02. The summed E-state index contributed by atoms with van der Waals surface area (Å²) in [5, 5.41) is 2.81. The molecule has 1 heterocycles. The zero-order valence-electron chi connectivity index (χ0n) is 14.9. The van der Waals surface area contributed by atoms with Gasteiger partial charge < -0.3 is 19.7 Å². The highest BCUT2D eigenvalue weighted by Crippen LogP contribution is 2.34. The van der Waals surface area contributed by atoms with Crippen molar-refractivity contribution in [2.24, 2.45) is 0 Å². The Morgan fingerprint density at radius 1 is 1.19 bits per heavy atom. The topological polar surface area (TPSA) is 67.9 Å². The molecule has 26 heavy (non-hydrogen) atoms. The van der Waals surface area contributed by atoms with Gasteiger partial charge in [0.15, 0.2) is 6.10 Å². The SMILES string of the molecule is CCNC(=O)C1CN(Cc2ccc(C(=O)OC)cc2)c2ccccc2O1. The molecule has 136 valence electrons. The third kappa shape index (κ3) is 3.79. The van der Waals surface area contributed by atoms with Gasteiger partial charge in [-0.15, -0.1) is 0 Å². The number of amides is 1. The smallest absolute Gasteiger partial charge is 0.337 e. The highest BCUT2D eigenvalue weighted by Gasteiger charge is 2.30. The van der Waals surface area contributed by atoms with E-state index in [-0.39, 0.29) is 11.9 Å². The molecular formula is C20H22N2O4.